The van der Waals surface area contributed by atoms with Crippen LogP contribution in [0.15, 0.2) is 36.0 Å². The fraction of sp³-hybridized carbons (Fsp3) is 0.600. The predicted octanol–water partition coefficient (Wildman–Crippen LogP) is 4.63. The van der Waals surface area contributed by atoms with Crippen molar-refractivity contribution in [3.63, 3.8) is 0 Å². The van der Waals surface area contributed by atoms with Gasteiger partial charge in [0.2, 0.25) is 0 Å². The number of allylic oxidation sites excluding steroid dienone is 4. The second-order valence-electron chi connectivity index (χ2n) is 6.06. The lowest BCUT2D eigenvalue weighted by molar-refractivity contribution is 0.0803. The summed E-state index contributed by atoms with van der Waals surface area (Å²) in [6.07, 6.45) is 8.18. The summed E-state index contributed by atoms with van der Waals surface area (Å²) in [5.41, 5.74) is 1.19. The van der Waals surface area contributed by atoms with Crippen LogP contribution < -0.4 is 0 Å². The Morgan fingerprint density at radius 1 is 1.12 bits per heavy atom. The van der Waals surface area contributed by atoms with Gasteiger partial charge in [-0.15, -0.1) is 6.58 Å². The first kappa shape index (κ1) is 23.5. The molecule has 2 atom stereocenters. The van der Waals surface area contributed by atoms with Crippen molar-refractivity contribution in [2.45, 2.75) is 59.0 Å². The van der Waals surface area contributed by atoms with Gasteiger partial charge < -0.3 is 14.7 Å². The molecular formula is C15H28O7P2. The molecule has 140 valence electrons. The molecule has 0 fully saturated rings. The predicted molar refractivity (Wildman–Crippen MR) is 94.3 cm³/mol. The van der Waals surface area contributed by atoms with Gasteiger partial charge in [-0.1, -0.05) is 29.4 Å². The molecule has 0 amide bonds. The van der Waals surface area contributed by atoms with E-state index in [1.165, 1.54) is 24.1 Å². The van der Waals surface area contributed by atoms with Crippen molar-refractivity contribution in [1.82, 2.24) is 0 Å². The van der Waals surface area contributed by atoms with Gasteiger partial charge in [-0.05, 0) is 53.4 Å². The molecule has 0 aliphatic carbocycles. The lowest BCUT2D eigenvalue weighted by atomic mass is 9.99. The zero-order valence-electron chi connectivity index (χ0n) is 14.6. The molecule has 0 aromatic heterocycles. The Morgan fingerprint density at radius 2 is 1.71 bits per heavy atom. The van der Waals surface area contributed by atoms with Crippen molar-refractivity contribution >= 4 is 15.6 Å². The van der Waals surface area contributed by atoms with E-state index in [0.29, 0.717) is 12.8 Å². The van der Waals surface area contributed by atoms with Gasteiger partial charge in [-0.3, -0.25) is 4.52 Å². The van der Waals surface area contributed by atoms with Crippen molar-refractivity contribution in [3.8, 4) is 0 Å². The van der Waals surface area contributed by atoms with Crippen LogP contribution in [-0.4, -0.2) is 20.3 Å². The molecule has 0 heterocycles. The van der Waals surface area contributed by atoms with Crippen molar-refractivity contribution in [1.29, 1.82) is 0 Å². The maximum absolute atomic E-state index is 11.7. The minimum atomic E-state index is -5.14. The van der Waals surface area contributed by atoms with Crippen LogP contribution in [0, 0.1) is 0 Å². The number of rotatable bonds is 11. The summed E-state index contributed by atoms with van der Waals surface area (Å²) < 4.78 is 31.0. The summed E-state index contributed by atoms with van der Waals surface area (Å²) in [6.45, 7) is 11.1. The van der Waals surface area contributed by atoms with Crippen LogP contribution in [0.5, 0.6) is 0 Å². The minimum absolute atomic E-state index is 0.311. The smallest absolute Gasteiger partial charge is 0.302 e. The second-order valence-corrected chi connectivity index (χ2v) is 8.81. The van der Waals surface area contributed by atoms with Crippen LogP contribution in [-0.2, 0) is 18.0 Å². The van der Waals surface area contributed by atoms with E-state index in [9.17, 15) is 14.0 Å². The van der Waals surface area contributed by atoms with Crippen LogP contribution in [0.1, 0.15) is 53.4 Å². The summed E-state index contributed by atoms with van der Waals surface area (Å²) in [5.74, 6) is 0. The Labute approximate surface area is 143 Å². The highest BCUT2D eigenvalue weighted by Gasteiger charge is 2.38. The van der Waals surface area contributed by atoms with Crippen LogP contribution in [0.2, 0.25) is 0 Å². The summed E-state index contributed by atoms with van der Waals surface area (Å²) in [7, 11) is -10.0. The van der Waals surface area contributed by atoms with Gasteiger partial charge in [0.25, 0.3) is 0 Å². The van der Waals surface area contributed by atoms with Gasteiger partial charge in [0.1, 0.15) is 0 Å². The van der Waals surface area contributed by atoms with E-state index in [1.807, 2.05) is 26.8 Å². The van der Waals surface area contributed by atoms with Crippen LogP contribution in [0.3, 0.4) is 0 Å². The number of hydrogen-bond acceptors (Lipinski definition) is 4. The number of phosphoric ester groups is 1. The lowest BCUT2D eigenvalue weighted by Gasteiger charge is -2.27. The third-order valence-corrected chi connectivity index (χ3v) is 5.51. The Morgan fingerprint density at radius 3 is 2.17 bits per heavy atom. The highest BCUT2D eigenvalue weighted by Crippen LogP contribution is 2.59. The molecule has 9 heteroatoms. The number of phosphoric acid groups is 2. The molecule has 0 radical (unpaired) electrons. The Balaban J connectivity index is 4.68. The fourth-order valence-electron chi connectivity index (χ4n) is 1.90. The summed E-state index contributed by atoms with van der Waals surface area (Å²) >= 11 is 0. The van der Waals surface area contributed by atoms with Gasteiger partial charge >= 0.3 is 15.6 Å². The topological polar surface area (TPSA) is 113 Å². The van der Waals surface area contributed by atoms with E-state index >= 15 is 0 Å². The Bertz CT molecular complexity index is 572. The molecule has 3 N–H and O–H groups in total. The minimum Gasteiger partial charge on any atom is -0.302 e. The van der Waals surface area contributed by atoms with E-state index < -0.39 is 21.2 Å². The van der Waals surface area contributed by atoms with Crippen LogP contribution >= 0.6 is 15.6 Å². The lowest BCUT2D eigenvalue weighted by Crippen LogP contribution is -2.24. The quantitative estimate of drug-likeness (QED) is 0.353. The standard InChI is InChI=1S/C15H28O7P2/c1-6-15(5,21-24(19,20)22-23(16,17)18)12-8-11-14(4)10-7-9-13(2)3/h6,9,11H,1,7-8,10,12H2,2-5H3,(H,19,20)(H2,16,17,18)/b14-11-/t15-/m1/s1. The van der Waals surface area contributed by atoms with E-state index in [-0.39, 0.29) is 0 Å². The SMILES string of the molecule is C=C[C@](C)(CC/C=C(/C)CCC=C(C)C)OP(=O)(O)OP(=O)(O)O. The van der Waals surface area contributed by atoms with Gasteiger partial charge in [-0.2, -0.15) is 4.31 Å². The van der Waals surface area contributed by atoms with Crippen molar-refractivity contribution in [3.05, 3.63) is 36.0 Å². The molecule has 24 heavy (non-hydrogen) atoms. The highest BCUT2D eigenvalue weighted by atomic mass is 31.3. The molecule has 0 bridgehead atoms. The van der Waals surface area contributed by atoms with E-state index in [1.54, 1.807) is 0 Å². The first-order chi connectivity index (χ1) is 10.8. The molecule has 0 saturated carbocycles. The maximum atomic E-state index is 11.7. The molecule has 7 nitrogen and oxygen atoms in total. The average molecular weight is 382 g/mol. The van der Waals surface area contributed by atoms with Crippen molar-refractivity contribution < 1.29 is 32.6 Å². The van der Waals surface area contributed by atoms with Gasteiger partial charge in [0, 0.05) is 0 Å². The van der Waals surface area contributed by atoms with Gasteiger partial charge in [0.15, 0.2) is 0 Å². The van der Waals surface area contributed by atoms with Gasteiger partial charge in [0.05, 0.1) is 5.60 Å². The summed E-state index contributed by atoms with van der Waals surface area (Å²) in [4.78, 5) is 26.7. The van der Waals surface area contributed by atoms with Crippen molar-refractivity contribution in [2.24, 2.45) is 0 Å². The third kappa shape index (κ3) is 11.9. The third-order valence-electron chi connectivity index (χ3n) is 3.19. The molecular weight excluding hydrogens is 354 g/mol. The zero-order valence-corrected chi connectivity index (χ0v) is 16.4. The molecule has 0 rings (SSSR count). The van der Waals surface area contributed by atoms with E-state index in [0.717, 1.165) is 12.8 Å². The van der Waals surface area contributed by atoms with E-state index in [2.05, 4.69) is 17.0 Å². The van der Waals surface area contributed by atoms with Gasteiger partial charge in [-0.25, -0.2) is 9.13 Å². The maximum Gasteiger partial charge on any atom is 0.481 e. The molecule has 1 unspecified atom stereocenters. The molecule has 0 aliphatic heterocycles. The normalized spacial score (nSPS) is 17.7. The summed E-state index contributed by atoms with van der Waals surface area (Å²) in [5, 5.41) is 0. The van der Waals surface area contributed by atoms with E-state index in [4.69, 9.17) is 14.3 Å². The number of hydrogen-bond donors (Lipinski definition) is 3. The molecule has 0 aromatic carbocycles. The van der Waals surface area contributed by atoms with Crippen molar-refractivity contribution in [2.75, 3.05) is 0 Å². The first-order valence-corrected chi connectivity index (χ1v) is 10.5. The fourth-order valence-corrected chi connectivity index (χ4v) is 3.80. The van der Waals surface area contributed by atoms with Crippen LogP contribution in [0.25, 0.3) is 0 Å². The molecule has 0 aliphatic rings. The average Bonchev–Trinajstić information content (AvgIpc) is 2.34. The molecule has 0 aromatic rings. The highest BCUT2D eigenvalue weighted by molar-refractivity contribution is 7.60. The zero-order chi connectivity index (χ0) is 19.0. The Hall–Kier alpha value is -0.520. The summed E-state index contributed by atoms with van der Waals surface area (Å²) in [6, 6.07) is 0. The molecule has 0 spiro atoms. The molecule has 0 saturated heterocycles. The van der Waals surface area contributed by atoms with Crippen LogP contribution in [0.4, 0.5) is 0 Å². The monoisotopic (exact) mass is 382 g/mol. The first-order valence-electron chi connectivity index (χ1n) is 7.51. The Kier molecular flexibility index (Phi) is 9.62. The second kappa shape index (κ2) is 9.83. The largest absolute Gasteiger partial charge is 0.481 e.